The highest BCUT2D eigenvalue weighted by atomic mass is 79.9. The van der Waals surface area contributed by atoms with Crippen LogP contribution >= 0.6 is 39.3 Å². The molecular weight excluding hydrogens is 308 g/mol. The van der Waals surface area contributed by atoms with Gasteiger partial charge in [0.15, 0.2) is 0 Å². The third kappa shape index (κ3) is 2.51. The number of nitrogen functional groups attached to an aromatic ring is 1. The lowest BCUT2D eigenvalue weighted by molar-refractivity contribution is 1.11. The van der Waals surface area contributed by atoms with Crippen LogP contribution in [0.1, 0.15) is 0 Å². The number of aromatic nitrogens is 1. The van der Waals surface area contributed by atoms with Crippen LogP contribution in [0.15, 0.2) is 50.9 Å². The number of nitrogens with two attached hydrogens (primary N) is 1. The lowest BCUT2D eigenvalue weighted by atomic mass is 10.3. The lowest BCUT2D eigenvalue weighted by Gasteiger charge is -2.07. The van der Waals surface area contributed by atoms with Crippen LogP contribution in [0.2, 0.25) is 5.02 Å². The SMILES string of the molecule is Nc1cccc(Cl)c1Sc1ncccc1Br. The molecule has 0 aliphatic rings. The minimum absolute atomic E-state index is 0.641. The zero-order valence-electron chi connectivity index (χ0n) is 8.15. The van der Waals surface area contributed by atoms with Crippen molar-refractivity contribution in [3.8, 4) is 0 Å². The Morgan fingerprint density at radius 1 is 1.25 bits per heavy atom. The topological polar surface area (TPSA) is 38.9 Å². The zero-order valence-corrected chi connectivity index (χ0v) is 11.3. The van der Waals surface area contributed by atoms with E-state index in [1.807, 2.05) is 30.3 Å². The first kappa shape index (κ1) is 11.8. The Labute approximate surface area is 111 Å². The maximum atomic E-state index is 6.09. The Morgan fingerprint density at radius 2 is 2.06 bits per heavy atom. The maximum absolute atomic E-state index is 6.09. The Kier molecular flexibility index (Phi) is 3.74. The second kappa shape index (κ2) is 5.08. The molecule has 1 aromatic carbocycles. The van der Waals surface area contributed by atoms with E-state index in [0.717, 1.165) is 14.4 Å². The quantitative estimate of drug-likeness (QED) is 0.843. The molecule has 0 saturated carbocycles. The summed E-state index contributed by atoms with van der Waals surface area (Å²) in [4.78, 5) is 5.09. The van der Waals surface area contributed by atoms with Crippen LogP contribution in [0, 0.1) is 0 Å². The van der Waals surface area contributed by atoms with Crippen molar-refractivity contribution in [3.05, 3.63) is 46.0 Å². The molecule has 2 N–H and O–H groups in total. The van der Waals surface area contributed by atoms with Crippen LogP contribution in [0.25, 0.3) is 0 Å². The minimum atomic E-state index is 0.641. The third-order valence-electron chi connectivity index (χ3n) is 1.92. The number of pyridine rings is 1. The molecule has 2 nitrogen and oxygen atoms in total. The second-order valence-electron chi connectivity index (χ2n) is 3.05. The predicted octanol–water partition coefficient (Wildman–Crippen LogP) is 4.23. The summed E-state index contributed by atoms with van der Waals surface area (Å²) in [5.74, 6) is 0. The summed E-state index contributed by atoms with van der Waals surface area (Å²) in [6.07, 6.45) is 1.74. The van der Waals surface area contributed by atoms with Crippen molar-refractivity contribution >= 4 is 45.0 Å². The summed E-state index contributed by atoms with van der Waals surface area (Å²) < 4.78 is 0.930. The van der Waals surface area contributed by atoms with Crippen molar-refractivity contribution in [1.82, 2.24) is 4.98 Å². The number of nitrogens with zero attached hydrogens (tertiary/aromatic N) is 1. The van der Waals surface area contributed by atoms with Gasteiger partial charge in [-0.05, 0) is 40.2 Å². The molecule has 0 radical (unpaired) electrons. The highest BCUT2D eigenvalue weighted by Gasteiger charge is 2.09. The van der Waals surface area contributed by atoms with Crippen LogP contribution in [-0.2, 0) is 0 Å². The molecule has 0 fully saturated rings. The van der Waals surface area contributed by atoms with Crippen molar-refractivity contribution in [2.24, 2.45) is 0 Å². The molecule has 1 aromatic heterocycles. The first-order chi connectivity index (χ1) is 7.68. The molecule has 0 atom stereocenters. The fourth-order valence-electron chi connectivity index (χ4n) is 1.18. The number of benzene rings is 1. The number of rotatable bonds is 2. The molecule has 0 spiro atoms. The van der Waals surface area contributed by atoms with Crippen molar-refractivity contribution in [3.63, 3.8) is 0 Å². The molecule has 0 aliphatic carbocycles. The van der Waals surface area contributed by atoms with Gasteiger partial charge in [-0.1, -0.05) is 29.4 Å². The molecule has 5 heteroatoms. The molecule has 2 aromatic rings. The Bertz CT molecular complexity index is 499. The molecule has 1 heterocycles. The summed E-state index contributed by atoms with van der Waals surface area (Å²) >= 11 is 11.0. The van der Waals surface area contributed by atoms with Crippen LogP contribution in [0.4, 0.5) is 5.69 Å². The van der Waals surface area contributed by atoms with Crippen LogP contribution < -0.4 is 5.73 Å². The Balaban J connectivity index is 2.38. The largest absolute Gasteiger partial charge is 0.398 e. The number of halogens is 2. The van der Waals surface area contributed by atoms with Crippen LogP contribution in [0.5, 0.6) is 0 Å². The number of hydrogen-bond donors (Lipinski definition) is 1. The normalized spacial score (nSPS) is 10.4. The van der Waals surface area contributed by atoms with E-state index in [9.17, 15) is 0 Å². The fraction of sp³-hybridized carbons (Fsp3) is 0. The van der Waals surface area contributed by atoms with Gasteiger partial charge in [-0.2, -0.15) is 0 Å². The zero-order chi connectivity index (χ0) is 11.5. The minimum Gasteiger partial charge on any atom is -0.398 e. The number of hydrogen-bond acceptors (Lipinski definition) is 3. The highest BCUT2D eigenvalue weighted by molar-refractivity contribution is 9.10. The summed E-state index contributed by atoms with van der Waals surface area (Å²) in [5.41, 5.74) is 6.53. The molecule has 0 bridgehead atoms. The average Bonchev–Trinajstić information content (AvgIpc) is 2.26. The maximum Gasteiger partial charge on any atom is 0.115 e. The van der Waals surface area contributed by atoms with Crippen LogP contribution in [-0.4, -0.2) is 4.98 Å². The van der Waals surface area contributed by atoms with Gasteiger partial charge in [-0.3, -0.25) is 0 Å². The smallest absolute Gasteiger partial charge is 0.115 e. The summed E-state index contributed by atoms with van der Waals surface area (Å²) in [6, 6.07) is 9.27. The van der Waals surface area contributed by atoms with Gasteiger partial charge in [0.25, 0.3) is 0 Å². The van der Waals surface area contributed by atoms with E-state index in [1.54, 1.807) is 6.20 Å². The first-order valence-electron chi connectivity index (χ1n) is 4.51. The van der Waals surface area contributed by atoms with E-state index in [2.05, 4.69) is 20.9 Å². The average molecular weight is 316 g/mol. The third-order valence-corrected chi connectivity index (χ3v) is 4.43. The van der Waals surface area contributed by atoms with E-state index < -0.39 is 0 Å². The van der Waals surface area contributed by atoms with E-state index in [4.69, 9.17) is 17.3 Å². The molecule has 0 unspecified atom stereocenters. The van der Waals surface area contributed by atoms with Crippen LogP contribution in [0.3, 0.4) is 0 Å². The molecule has 0 saturated heterocycles. The van der Waals surface area contributed by atoms with Gasteiger partial charge in [-0.15, -0.1) is 0 Å². The second-order valence-corrected chi connectivity index (χ2v) is 5.31. The van der Waals surface area contributed by atoms with E-state index >= 15 is 0 Å². The van der Waals surface area contributed by atoms with E-state index in [-0.39, 0.29) is 0 Å². The molecule has 0 amide bonds. The molecule has 82 valence electrons. The Hall–Kier alpha value is -0.710. The fourth-order valence-corrected chi connectivity index (χ4v) is 2.80. The lowest BCUT2D eigenvalue weighted by Crippen LogP contribution is -1.90. The predicted molar refractivity (Wildman–Crippen MR) is 71.9 cm³/mol. The van der Waals surface area contributed by atoms with Gasteiger partial charge in [-0.25, -0.2) is 4.98 Å². The van der Waals surface area contributed by atoms with E-state index in [0.29, 0.717) is 10.7 Å². The molecule has 2 rings (SSSR count). The first-order valence-corrected chi connectivity index (χ1v) is 6.49. The Morgan fingerprint density at radius 3 is 2.75 bits per heavy atom. The van der Waals surface area contributed by atoms with Gasteiger partial charge in [0, 0.05) is 11.9 Å². The van der Waals surface area contributed by atoms with Crippen molar-refractivity contribution < 1.29 is 0 Å². The standard InChI is InChI=1S/C11H8BrClN2S/c12-7-3-2-6-15-11(7)16-10-8(13)4-1-5-9(10)14/h1-6H,14H2. The van der Waals surface area contributed by atoms with Gasteiger partial charge in [0.1, 0.15) is 5.03 Å². The molecular formula is C11H8BrClN2S. The summed E-state index contributed by atoms with van der Waals surface area (Å²) in [6.45, 7) is 0. The van der Waals surface area contributed by atoms with Gasteiger partial charge < -0.3 is 5.73 Å². The van der Waals surface area contributed by atoms with Gasteiger partial charge in [0.2, 0.25) is 0 Å². The van der Waals surface area contributed by atoms with Crippen molar-refractivity contribution in [1.29, 1.82) is 0 Å². The van der Waals surface area contributed by atoms with Gasteiger partial charge in [0.05, 0.1) is 14.4 Å². The number of anilines is 1. The van der Waals surface area contributed by atoms with Gasteiger partial charge >= 0.3 is 0 Å². The summed E-state index contributed by atoms with van der Waals surface area (Å²) in [7, 11) is 0. The highest BCUT2D eigenvalue weighted by Crippen LogP contribution is 2.38. The molecule has 0 aliphatic heterocycles. The molecule has 16 heavy (non-hydrogen) atoms. The van der Waals surface area contributed by atoms with Crippen molar-refractivity contribution in [2.45, 2.75) is 9.92 Å². The van der Waals surface area contributed by atoms with Crippen molar-refractivity contribution in [2.75, 3.05) is 5.73 Å². The van der Waals surface area contributed by atoms with E-state index in [1.165, 1.54) is 11.8 Å². The monoisotopic (exact) mass is 314 g/mol. The summed E-state index contributed by atoms with van der Waals surface area (Å²) in [5, 5.41) is 1.49.